The average molecular weight is 352 g/mol. The molecule has 23 heavy (non-hydrogen) atoms. The normalized spacial score (nSPS) is 20.1. The highest BCUT2D eigenvalue weighted by atomic mass is 32.2. The molecule has 1 atom stereocenters. The molecule has 0 saturated carbocycles. The molecule has 1 aliphatic heterocycles. The molecule has 7 heteroatoms. The molecule has 3 rings (SSSR count). The molecule has 2 aromatic rings. The van der Waals surface area contributed by atoms with Gasteiger partial charge in [-0.25, -0.2) is 13.0 Å². The van der Waals surface area contributed by atoms with Gasteiger partial charge in [-0.15, -0.1) is 0 Å². The monoisotopic (exact) mass is 352 g/mol. The Bertz CT molecular complexity index is 759. The van der Waals surface area contributed by atoms with E-state index in [9.17, 15) is 13.0 Å². The van der Waals surface area contributed by atoms with E-state index in [-0.39, 0.29) is 17.9 Å². The minimum Gasteiger partial charge on any atom is -0.416 e. The van der Waals surface area contributed by atoms with Crippen molar-refractivity contribution in [2.24, 2.45) is 0 Å². The van der Waals surface area contributed by atoms with Crippen molar-refractivity contribution >= 4 is 17.4 Å². The number of rotatable bonds is 5. The van der Waals surface area contributed by atoms with Crippen LogP contribution in [0.3, 0.4) is 0 Å². The van der Waals surface area contributed by atoms with Gasteiger partial charge in [0.25, 0.3) is 0 Å². The smallest absolute Gasteiger partial charge is 0.416 e. The van der Waals surface area contributed by atoms with Crippen LogP contribution in [0.25, 0.3) is 0 Å². The van der Waals surface area contributed by atoms with Crippen LogP contribution in [0.1, 0.15) is 6.42 Å². The molecule has 2 aromatic carbocycles. The van der Waals surface area contributed by atoms with E-state index in [1.807, 2.05) is 12.1 Å². The lowest BCUT2D eigenvalue weighted by Gasteiger charge is -2.24. The molecule has 1 saturated heterocycles. The maximum Gasteiger partial charge on any atom is 0.434 e. The first kappa shape index (κ1) is 16.1. The van der Waals surface area contributed by atoms with Crippen LogP contribution in [-0.2, 0) is 14.4 Å². The predicted octanol–water partition coefficient (Wildman–Crippen LogP) is 3.52. The fourth-order valence-corrected chi connectivity index (χ4v) is 7.21. The maximum absolute atomic E-state index is 13.3. The van der Waals surface area contributed by atoms with Gasteiger partial charge < -0.3 is 9.05 Å². The minimum atomic E-state index is -3.67. The van der Waals surface area contributed by atoms with E-state index in [0.717, 1.165) is 0 Å². The first-order chi connectivity index (χ1) is 11.0. The van der Waals surface area contributed by atoms with Gasteiger partial charge in [0.1, 0.15) is 11.5 Å². The molecule has 122 valence electrons. The van der Waals surface area contributed by atoms with Crippen molar-refractivity contribution in [2.75, 3.05) is 11.5 Å². The molecule has 0 radical (unpaired) electrons. The van der Waals surface area contributed by atoms with Crippen molar-refractivity contribution < 1.29 is 22.0 Å². The number of hydrogen-bond acceptors (Lipinski definition) is 5. The van der Waals surface area contributed by atoms with E-state index in [0.29, 0.717) is 11.5 Å². The van der Waals surface area contributed by atoms with Crippen LogP contribution in [0.5, 0.6) is 11.5 Å². The summed E-state index contributed by atoms with van der Waals surface area (Å²) in [7, 11) is -6.87. The van der Waals surface area contributed by atoms with E-state index in [4.69, 9.17) is 9.05 Å². The second kappa shape index (κ2) is 6.38. The fraction of sp³-hybridized carbons (Fsp3) is 0.250. The lowest BCUT2D eigenvalue weighted by molar-refractivity contribution is 0.374. The number of para-hydroxylation sites is 2. The van der Waals surface area contributed by atoms with Gasteiger partial charge in [-0.1, -0.05) is 36.4 Å². The zero-order valence-electron chi connectivity index (χ0n) is 12.4. The third kappa shape index (κ3) is 3.95. The molecule has 1 fully saturated rings. The van der Waals surface area contributed by atoms with Crippen molar-refractivity contribution in [1.82, 2.24) is 0 Å². The molecule has 0 bridgehead atoms. The van der Waals surface area contributed by atoms with E-state index < -0.39 is 23.1 Å². The third-order valence-electron chi connectivity index (χ3n) is 3.61. The van der Waals surface area contributed by atoms with Crippen molar-refractivity contribution in [2.45, 2.75) is 12.1 Å². The molecule has 5 nitrogen and oxygen atoms in total. The Morgan fingerprint density at radius 1 is 0.870 bits per heavy atom. The zero-order chi connectivity index (χ0) is 16.3. The Morgan fingerprint density at radius 2 is 1.35 bits per heavy atom. The van der Waals surface area contributed by atoms with Crippen molar-refractivity contribution in [3.63, 3.8) is 0 Å². The number of sulfone groups is 1. The molecule has 0 N–H and O–H groups in total. The molecule has 0 amide bonds. The molecule has 1 heterocycles. The van der Waals surface area contributed by atoms with Gasteiger partial charge in [0.2, 0.25) is 0 Å². The quantitative estimate of drug-likeness (QED) is 0.770. The van der Waals surface area contributed by atoms with Gasteiger partial charge in [0, 0.05) is 0 Å². The summed E-state index contributed by atoms with van der Waals surface area (Å²) in [4.78, 5) is 0. The van der Waals surface area contributed by atoms with Gasteiger partial charge in [-0.2, -0.15) is 0 Å². The van der Waals surface area contributed by atoms with Gasteiger partial charge in [0.05, 0.1) is 17.2 Å². The SMILES string of the molecule is O=P(Oc1ccccc1)(Oc1ccccc1)C1CCS(=O)(=O)C1. The lowest BCUT2D eigenvalue weighted by atomic mass is 10.3. The topological polar surface area (TPSA) is 69.7 Å². The Hall–Kier alpha value is -1.78. The van der Waals surface area contributed by atoms with Gasteiger partial charge >= 0.3 is 7.60 Å². The molecule has 1 unspecified atom stereocenters. The van der Waals surface area contributed by atoms with Crippen molar-refractivity contribution in [3.8, 4) is 11.5 Å². The van der Waals surface area contributed by atoms with Crippen LogP contribution in [0, 0.1) is 0 Å². The highest BCUT2D eigenvalue weighted by Gasteiger charge is 2.46. The molecular weight excluding hydrogens is 335 g/mol. The largest absolute Gasteiger partial charge is 0.434 e. The van der Waals surface area contributed by atoms with E-state index >= 15 is 0 Å². The third-order valence-corrected chi connectivity index (χ3v) is 7.89. The Morgan fingerprint density at radius 3 is 1.74 bits per heavy atom. The summed E-state index contributed by atoms with van der Waals surface area (Å²) < 4.78 is 48.2. The lowest BCUT2D eigenvalue weighted by Crippen LogP contribution is -2.18. The van der Waals surface area contributed by atoms with E-state index in [1.165, 1.54) is 0 Å². The summed E-state index contributed by atoms with van der Waals surface area (Å²) in [6.45, 7) is 0. The number of hydrogen-bond donors (Lipinski definition) is 0. The predicted molar refractivity (Wildman–Crippen MR) is 88.8 cm³/mol. The highest BCUT2D eigenvalue weighted by Crippen LogP contribution is 2.55. The van der Waals surface area contributed by atoms with Crippen LogP contribution in [0.2, 0.25) is 0 Å². The second-order valence-corrected chi connectivity index (χ2v) is 9.81. The summed E-state index contributed by atoms with van der Waals surface area (Å²) >= 11 is 0. The van der Waals surface area contributed by atoms with E-state index in [1.54, 1.807) is 48.5 Å². The Balaban J connectivity index is 1.91. The van der Waals surface area contributed by atoms with Gasteiger partial charge in [-0.3, -0.25) is 0 Å². The van der Waals surface area contributed by atoms with Crippen LogP contribution >= 0.6 is 7.60 Å². The zero-order valence-corrected chi connectivity index (χ0v) is 14.1. The fourth-order valence-electron chi connectivity index (χ4n) is 2.45. The van der Waals surface area contributed by atoms with Crippen LogP contribution in [0.15, 0.2) is 60.7 Å². The minimum absolute atomic E-state index is 0.0119. The van der Waals surface area contributed by atoms with Gasteiger partial charge in [-0.05, 0) is 30.7 Å². The Kier molecular flexibility index (Phi) is 4.46. The summed E-state index contributed by atoms with van der Waals surface area (Å²) in [5, 5.41) is 0. The first-order valence-electron chi connectivity index (χ1n) is 7.26. The second-order valence-electron chi connectivity index (χ2n) is 5.41. The Labute approximate surface area is 135 Å². The van der Waals surface area contributed by atoms with Crippen molar-refractivity contribution in [1.29, 1.82) is 0 Å². The summed E-state index contributed by atoms with van der Waals surface area (Å²) in [5.41, 5.74) is -0.659. The number of benzene rings is 2. The molecule has 0 aliphatic carbocycles. The molecule has 0 aromatic heterocycles. The summed E-state index contributed by atoms with van der Waals surface area (Å²) in [5.74, 6) is 0.633. The molecule has 1 aliphatic rings. The summed E-state index contributed by atoms with van der Waals surface area (Å²) in [6.07, 6.45) is 0.277. The van der Waals surface area contributed by atoms with Crippen LogP contribution in [-0.4, -0.2) is 25.6 Å². The maximum atomic E-state index is 13.3. The average Bonchev–Trinajstić information content (AvgIpc) is 2.90. The highest BCUT2D eigenvalue weighted by molar-refractivity contribution is 7.92. The summed E-state index contributed by atoms with van der Waals surface area (Å²) in [6, 6.07) is 17.3. The first-order valence-corrected chi connectivity index (χ1v) is 10.7. The molecule has 0 spiro atoms. The van der Waals surface area contributed by atoms with Gasteiger partial charge in [0.15, 0.2) is 9.84 Å². The van der Waals surface area contributed by atoms with Crippen molar-refractivity contribution in [3.05, 3.63) is 60.7 Å². The van der Waals surface area contributed by atoms with Crippen LogP contribution < -0.4 is 9.05 Å². The van der Waals surface area contributed by atoms with Crippen LogP contribution in [0.4, 0.5) is 0 Å². The van der Waals surface area contributed by atoms with E-state index in [2.05, 4.69) is 0 Å². The molecular formula is C16H17O5PS. The standard InChI is InChI=1S/C16H17O5PS/c17-22(16-11-12-23(18,19)13-16,20-14-7-3-1-4-8-14)21-15-9-5-2-6-10-15/h1-10,16H,11-13H2.